The summed E-state index contributed by atoms with van der Waals surface area (Å²) in [7, 11) is 3.80. The van der Waals surface area contributed by atoms with Crippen LogP contribution in [0.3, 0.4) is 0 Å². The van der Waals surface area contributed by atoms with Crippen LogP contribution in [0, 0.1) is 23.6 Å². The molecule has 1 aromatic rings. The summed E-state index contributed by atoms with van der Waals surface area (Å²) in [4.78, 5) is 26.7. The summed E-state index contributed by atoms with van der Waals surface area (Å²) in [6.45, 7) is 0.686. The number of urea groups is 1. The maximum Gasteiger partial charge on any atom is 0.315 e. The van der Waals surface area contributed by atoms with Crippen molar-refractivity contribution in [1.29, 1.82) is 0 Å². The van der Waals surface area contributed by atoms with E-state index in [0.29, 0.717) is 13.1 Å². The molecule has 5 rings (SSSR count). The average Bonchev–Trinajstić information content (AvgIpc) is 2.66. The van der Waals surface area contributed by atoms with E-state index >= 15 is 0 Å². The lowest BCUT2D eigenvalue weighted by Crippen LogP contribution is -2.61. The number of hydrogen-bond acceptors (Lipinski definition) is 3. The Hall–Kier alpha value is -2.15. The van der Waals surface area contributed by atoms with Gasteiger partial charge >= 0.3 is 6.03 Å². The van der Waals surface area contributed by atoms with Gasteiger partial charge in [0.2, 0.25) is 5.91 Å². The first kappa shape index (κ1) is 22.1. The molecule has 3 N–H and O–H groups in total. The summed E-state index contributed by atoms with van der Waals surface area (Å²) >= 11 is 0. The van der Waals surface area contributed by atoms with Crippen molar-refractivity contribution in [2.24, 2.45) is 17.8 Å². The van der Waals surface area contributed by atoms with Gasteiger partial charge in [0.05, 0.1) is 6.04 Å². The van der Waals surface area contributed by atoms with Gasteiger partial charge in [-0.05, 0) is 88.1 Å². The number of nitrogens with one attached hydrogen (secondary N) is 3. The van der Waals surface area contributed by atoms with Gasteiger partial charge < -0.3 is 20.9 Å². The number of carbonyl (C=O) groups excluding carboxylic acids is 2. The summed E-state index contributed by atoms with van der Waals surface area (Å²) in [5, 5.41) is 9.04. The van der Waals surface area contributed by atoms with E-state index in [2.05, 4.69) is 16.0 Å². The number of nitrogens with zero attached hydrogens (tertiary/aromatic N) is 1. The van der Waals surface area contributed by atoms with Crippen LogP contribution >= 0.6 is 0 Å². The first-order valence-corrected chi connectivity index (χ1v) is 11.6. The molecule has 1 unspecified atom stereocenters. The van der Waals surface area contributed by atoms with E-state index in [-0.39, 0.29) is 35.8 Å². The first-order valence-electron chi connectivity index (χ1n) is 11.6. The van der Waals surface area contributed by atoms with Crippen molar-refractivity contribution < 1.29 is 14.0 Å². The fourth-order valence-electron chi connectivity index (χ4n) is 6.45. The largest absolute Gasteiger partial charge is 0.354 e. The van der Waals surface area contributed by atoms with Gasteiger partial charge in [-0.2, -0.15) is 0 Å². The molecule has 170 valence electrons. The van der Waals surface area contributed by atoms with Crippen LogP contribution < -0.4 is 16.0 Å². The predicted octanol–water partition coefficient (Wildman–Crippen LogP) is 3.20. The summed E-state index contributed by atoms with van der Waals surface area (Å²) < 4.78 is 13.5. The zero-order chi connectivity index (χ0) is 22.0. The fourth-order valence-corrected chi connectivity index (χ4v) is 6.45. The lowest BCUT2D eigenvalue weighted by molar-refractivity contribution is -0.121. The van der Waals surface area contributed by atoms with Crippen molar-refractivity contribution in [3.63, 3.8) is 0 Å². The zero-order valence-electron chi connectivity index (χ0n) is 18.6. The molecular formula is C24H35FN4O2. The van der Waals surface area contributed by atoms with Gasteiger partial charge in [0.15, 0.2) is 0 Å². The van der Waals surface area contributed by atoms with Crippen molar-refractivity contribution >= 4 is 11.9 Å². The van der Waals surface area contributed by atoms with E-state index in [9.17, 15) is 14.0 Å². The van der Waals surface area contributed by atoms with E-state index in [1.54, 1.807) is 6.07 Å². The van der Waals surface area contributed by atoms with Crippen LogP contribution in [0.1, 0.15) is 56.6 Å². The van der Waals surface area contributed by atoms with Crippen LogP contribution in [0.2, 0.25) is 0 Å². The number of amides is 3. The van der Waals surface area contributed by atoms with Crippen LogP contribution in [0.4, 0.5) is 9.18 Å². The monoisotopic (exact) mass is 430 g/mol. The normalized spacial score (nSPS) is 29.6. The van der Waals surface area contributed by atoms with Gasteiger partial charge in [0.25, 0.3) is 0 Å². The highest BCUT2D eigenvalue weighted by Gasteiger charge is 2.51. The molecule has 0 aliphatic heterocycles. The zero-order valence-corrected chi connectivity index (χ0v) is 18.6. The molecule has 6 nitrogen and oxygen atoms in total. The molecule has 4 saturated carbocycles. The summed E-state index contributed by atoms with van der Waals surface area (Å²) in [6, 6.07) is 6.17. The Bertz CT molecular complexity index is 777. The second-order valence-electron chi connectivity index (χ2n) is 10.2. The Labute approximate surface area is 184 Å². The molecule has 0 saturated heterocycles. The van der Waals surface area contributed by atoms with Crippen molar-refractivity contribution in [1.82, 2.24) is 20.9 Å². The van der Waals surface area contributed by atoms with Gasteiger partial charge in [0.1, 0.15) is 5.82 Å². The Morgan fingerprint density at radius 1 is 1.10 bits per heavy atom. The Morgan fingerprint density at radius 2 is 1.74 bits per heavy atom. The molecule has 1 aromatic carbocycles. The summed E-state index contributed by atoms with van der Waals surface area (Å²) in [5.41, 5.74) is 0.795. The summed E-state index contributed by atoms with van der Waals surface area (Å²) in [5.74, 6) is 1.92. The fraction of sp³-hybridized carbons (Fsp3) is 0.667. The molecule has 3 amide bonds. The SMILES string of the molecule is CN(C)C(CNC(=O)CCNC(=O)NC12CC3CC(CC(C3)C1)C2)c1cccc(F)c1. The standard InChI is InChI=1S/C24H35FN4O2/c1-29(2)21(19-4-3-5-20(25)11-19)15-27-22(30)6-7-26-23(31)28-24-12-16-8-17(13-24)10-18(9-16)14-24/h3-5,11,16-18,21H,6-10,12-15H2,1-2H3,(H,27,30)(H2,26,28,31). The number of halogens is 1. The maximum absolute atomic E-state index is 13.5. The predicted molar refractivity (Wildman–Crippen MR) is 118 cm³/mol. The van der Waals surface area contributed by atoms with E-state index in [1.165, 1.54) is 31.4 Å². The lowest BCUT2D eigenvalue weighted by Gasteiger charge is -2.56. The van der Waals surface area contributed by atoms with Crippen molar-refractivity contribution in [2.75, 3.05) is 27.2 Å². The molecule has 0 aromatic heterocycles. The van der Waals surface area contributed by atoms with E-state index in [4.69, 9.17) is 0 Å². The molecule has 4 aliphatic carbocycles. The molecule has 31 heavy (non-hydrogen) atoms. The second kappa shape index (κ2) is 9.15. The van der Waals surface area contributed by atoms with Crippen molar-refractivity contribution in [3.8, 4) is 0 Å². The molecule has 4 fully saturated rings. The third kappa shape index (κ3) is 5.37. The number of carbonyl (C=O) groups is 2. The molecule has 4 bridgehead atoms. The minimum atomic E-state index is -0.287. The van der Waals surface area contributed by atoms with Crippen LogP contribution in [-0.2, 0) is 4.79 Å². The third-order valence-electron chi connectivity index (χ3n) is 7.40. The number of rotatable bonds is 8. The highest BCUT2D eigenvalue weighted by molar-refractivity contribution is 5.78. The Morgan fingerprint density at radius 3 is 2.32 bits per heavy atom. The Kier molecular flexibility index (Phi) is 6.51. The lowest BCUT2D eigenvalue weighted by atomic mass is 9.53. The van der Waals surface area contributed by atoms with Gasteiger partial charge in [-0.25, -0.2) is 9.18 Å². The van der Waals surface area contributed by atoms with Gasteiger partial charge in [-0.15, -0.1) is 0 Å². The third-order valence-corrected chi connectivity index (χ3v) is 7.40. The van der Waals surface area contributed by atoms with Crippen molar-refractivity contribution in [3.05, 3.63) is 35.6 Å². The molecule has 4 aliphatic rings. The van der Waals surface area contributed by atoms with E-state index < -0.39 is 0 Å². The van der Waals surface area contributed by atoms with Crippen LogP contribution in [0.15, 0.2) is 24.3 Å². The summed E-state index contributed by atoms with van der Waals surface area (Å²) in [6.07, 6.45) is 7.57. The topological polar surface area (TPSA) is 73.5 Å². The van der Waals surface area contributed by atoms with Gasteiger partial charge in [0, 0.05) is 25.0 Å². The Balaban J connectivity index is 1.19. The molecule has 0 heterocycles. The van der Waals surface area contributed by atoms with Gasteiger partial charge in [-0.3, -0.25) is 4.79 Å². The number of likely N-dealkylation sites (N-methyl/N-ethyl adjacent to an activating group) is 1. The molecular weight excluding hydrogens is 395 g/mol. The maximum atomic E-state index is 13.5. The highest BCUT2D eigenvalue weighted by atomic mass is 19.1. The van der Waals surface area contributed by atoms with Crippen molar-refractivity contribution in [2.45, 2.75) is 56.5 Å². The molecule has 0 spiro atoms. The number of benzene rings is 1. The minimum absolute atomic E-state index is 0.0228. The highest BCUT2D eigenvalue weighted by Crippen LogP contribution is 2.55. The number of hydrogen-bond donors (Lipinski definition) is 3. The quantitative estimate of drug-likeness (QED) is 0.593. The smallest absolute Gasteiger partial charge is 0.315 e. The van der Waals surface area contributed by atoms with Gasteiger partial charge in [-0.1, -0.05) is 12.1 Å². The minimum Gasteiger partial charge on any atom is -0.354 e. The molecule has 0 radical (unpaired) electrons. The average molecular weight is 431 g/mol. The van der Waals surface area contributed by atoms with E-state index in [1.807, 2.05) is 25.1 Å². The molecule has 7 heteroatoms. The first-order chi connectivity index (χ1) is 14.8. The van der Waals surface area contributed by atoms with Crippen LogP contribution in [0.5, 0.6) is 0 Å². The second-order valence-corrected chi connectivity index (χ2v) is 10.2. The molecule has 1 atom stereocenters. The van der Waals surface area contributed by atoms with Crippen LogP contribution in [-0.4, -0.2) is 49.6 Å². The van der Waals surface area contributed by atoms with Crippen LogP contribution in [0.25, 0.3) is 0 Å². The van der Waals surface area contributed by atoms with E-state index in [0.717, 1.165) is 42.6 Å².